The number of benzene rings is 3. The van der Waals surface area contributed by atoms with Crippen LogP contribution in [0.5, 0.6) is 5.75 Å². The minimum atomic E-state index is -1.05. The average molecular weight is 449 g/mol. The number of carbonyl (C=O) groups excluding carboxylic acids is 1. The van der Waals surface area contributed by atoms with Crippen LogP contribution in [-0.4, -0.2) is 17.4 Å². The van der Waals surface area contributed by atoms with E-state index in [-0.39, 0.29) is 22.8 Å². The standard InChI is InChI=1S/C25H15ClF2N2O2/c26-22-11-18(28)5-7-21(22)25(20-6-4-17(27)10-16(20)12-29)23(31)14-32-24-3-1-2-15-13-30-9-8-19(15)24/h1-11,13,25H,14H2. The molecule has 4 aromatic rings. The molecule has 3 aromatic carbocycles. The predicted octanol–water partition coefficient (Wildman–Crippen LogP) is 5.82. The fourth-order valence-electron chi connectivity index (χ4n) is 3.58. The monoisotopic (exact) mass is 448 g/mol. The Hall–Kier alpha value is -3.82. The molecule has 0 radical (unpaired) electrons. The highest BCUT2D eigenvalue weighted by Crippen LogP contribution is 2.34. The number of ketones is 1. The van der Waals surface area contributed by atoms with Gasteiger partial charge in [0.2, 0.25) is 0 Å². The minimum Gasteiger partial charge on any atom is -0.485 e. The fourth-order valence-corrected chi connectivity index (χ4v) is 3.85. The Morgan fingerprint density at radius 2 is 1.81 bits per heavy atom. The first-order valence-electron chi connectivity index (χ1n) is 9.60. The number of pyridine rings is 1. The zero-order valence-electron chi connectivity index (χ0n) is 16.6. The molecular formula is C25H15ClF2N2O2. The van der Waals surface area contributed by atoms with Crippen molar-refractivity contribution in [1.82, 2.24) is 4.98 Å². The lowest BCUT2D eigenvalue weighted by Gasteiger charge is -2.20. The lowest BCUT2D eigenvalue weighted by molar-refractivity contribution is -0.121. The van der Waals surface area contributed by atoms with Crippen molar-refractivity contribution in [3.8, 4) is 11.8 Å². The van der Waals surface area contributed by atoms with Gasteiger partial charge in [-0.15, -0.1) is 0 Å². The molecule has 0 saturated heterocycles. The molecule has 0 aliphatic rings. The number of aromatic nitrogens is 1. The number of Topliss-reactive ketones (excluding diaryl/α,β-unsaturated/α-hetero) is 1. The van der Waals surface area contributed by atoms with Gasteiger partial charge in [-0.1, -0.05) is 35.9 Å². The Morgan fingerprint density at radius 3 is 2.56 bits per heavy atom. The normalized spacial score (nSPS) is 11.7. The maximum Gasteiger partial charge on any atom is 0.182 e. The van der Waals surface area contributed by atoms with Gasteiger partial charge < -0.3 is 4.74 Å². The van der Waals surface area contributed by atoms with Crippen LogP contribution in [-0.2, 0) is 4.79 Å². The molecule has 4 nitrogen and oxygen atoms in total. The summed E-state index contributed by atoms with van der Waals surface area (Å²) in [5.41, 5.74) is 0.546. The molecule has 0 bridgehead atoms. The average Bonchev–Trinajstić information content (AvgIpc) is 2.80. The molecule has 1 unspecified atom stereocenters. The van der Waals surface area contributed by atoms with Gasteiger partial charge in [0.25, 0.3) is 0 Å². The van der Waals surface area contributed by atoms with Crippen molar-refractivity contribution < 1.29 is 18.3 Å². The smallest absolute Gasteiger partial charge is 0.182 e. The van der Waals surface area contributed by atoms with Crippen LogP contribution in [0.1, 0.15) is 22.6 Å². The van der Waals surface area contributed by atoms with Crippen molar-refractivity contribution in [2.45, 2.75) is 5.92 Å². The van der Waals surface area contributed by atoms with Crippen molar-refractivity contribution in [1.29, 1.82) is 5.26 Å². The van der Waals surface area contributed by atoms with Crippen LogP contribution >= 0.6 is 11.6 Å². The Labute approximate surface area is 187 Å². The van der Waals surface area contributed by atoms with Crippen molar-refractivity contribution in [2.75, 3.05) is 6.61 Å². The molecular weight excluding hydrogens is 434 g/mol. The van der Waals surface area contributed by atoms with Crippen LogP contribution in [0.25, 0.3) is 10.8 Å². The van der Waals surface area contributed by atoms with Gasteiger partial charge in [-0.2, -0.15) is 5.26 Å². The van der Waals surface area contributed by atoms with Crippen molar-refractivity contribution in [3.05, 3.63) is 106 Å². The van der Waals surface area contributed by atoms with Crippen molar-refractivity contribution in [3.63, 3.8) is 0 Å². The fraction of sp³-hybridized carbons (Fsp3) is 0.0800. The molecule has 0 spiro atoms. The lowest BCUT2D eigenvalue weighted by Crippen LogP contribution is -2.22. The van der Waals surface area contributed by atoms with E-state index >= 15 is 0 Å². The van der Waals surface area contributed by atoms with E-state index in [1.807, 2.05) is 12.1 Å². The maximum absolute atomic E-state index is 13.7. The molecule has 7 heteroatoms. The summed E-state index contributed by atoms with van der Waals surface area (Å²) in [4.78, 5) is 17.4. The second kappa shape index (κ2) is 9.13. The Bertz CT molecular complexity index is 1360. The molecule has 1 aromatic heterocycles. The summed E-state index contributed by atoms with van der Waals surface area (Å²) in [7, 11) is 0. The largest absolute Gasteiger partial charge is 0.485 e. The van der Waals surface area contributed by atoms with Gasteiger partial charge in [0.15, 0.2) is 5.78 Å². The van der Waals surface area contributed by atoms with Crippen LogP contribution in [0, 0.1) is 23.0 Å². The van der Waals surface area contributed by atoms with E-state index < -0.39 is 23.3 Å². The highest BCUT2D eigenvalue weighted by Gasteiger charge is 2.28. The van der Waals surface area contributed by atoms with Gasteiger partial charge in [0, 0.05) is 28.2 Å². The summed E-state index contributed by atoms with van der Waals surface area (Å²) < 4.78 is 33.2. The third-order valence-electron chi connectivity index (χ3n) is 5.05. The molecule has 0 saturated carbocycles. The molecule has 32 heavy (non-hydrogen) atoms. The van der Waals surface area contributed by atoms with E-state index in [0.29, 0.717) is 11.3 Å². The zero-order valence-corrected chi connectivity index (χ0v) is 17.3. The molecule has 0 aliphatic carbocycles. The number of fused-ring (bicyclic) bond motifs is 1. The molecule has 0 N–H and O–H groups in total. The molecule has 0 amide bonds. The van der Waals surface area contributed by atoms with E-state index in [0.717, 1.165) is 29.0 Å². The van der Waals surface area contributed by atoms with E-state index in [2.05, 4.69) is 4.98 Å². The van der Waals surface area contributed by atoms with Gasteiger partial charge in [0.1, 0.15) is 24.0 Å². The third kappa shape index (κ3) is 4.29. The summed E-state index contributed by atoms with van der Waals surface area (Å²) in [5, 5.41) is 11.2. The number of nitriles is 1. The second-order valence-electron chi connectivity index (χ2n) is 7.05. The van der Waals surface area contributed by atoms with Crippen LogP contribution < -0.4 is 4.74 Å². The first-order chi connectivity index (χ1) is 15.5. The Balaban J connectivity index is 1.73. The molecule has 1 atom stereocenters. The van der Waals surface area contributed by atoms with Gasteiger partial charge in [-0.05, 0) is 47.5 Å². The van der Waals surface area contributed by atoms with Gasteiger partial charge in [0.05, 0.1) is 17.6 Å². The maximum atomic E-state index is 13.7. The van der Waals surface area contributed by atoms with Crippen molar-refractivity contribution >= 4 is 28.2 Å². The minimum absolute atomic E-state index is 0.0139. The molecule has 4 rings (SSSR count). The summed E-state index contributed by atoms with van der Waals surface area (Å²) in [5.74, 6) is -2.16. The highest BCUT2D eigenvalue weighted by molar-refractivity contribution is 6.31. The quantitative estimate of drug-likeness (QED) is 0.373. The van der Waals surface area contributed by atoms with E-state index in [4.69, 9.17) is 16.3 Å². The molecule has 0 aliphatic heterocycles. The van der Waals surface area contributed by atoms with Crippen molar-refractivity contribution in [2.24, 2.45) is 0 Å². The predicted molar refractivity (Wildman–Crippen MR) is 117 cm³/mol. The number of rotatable bonds is 6. The number of hydrogen-bond donors (Lipinski definition) is 0. The van der Waals surface area contributed by atoms with Gasteiger partial charge in [-0.25, -0.2) is 8.78 Å². The van der Waals surface area contributed by atoms with Gasteiger partial charge >= 0.3 is 0 Å². The molecule has 158 valence electrons. The SMILES string of the molecule is N#Cc1cc(F)ccc1C(C(=O)COc1cccc2cnccc12)c1ccc(F)cc1Cl. The Morgan fingerprint density at radius 1 is 1.06 bits per heavy atom. The third-order valence-corrected chi connectivity index (χ3v) is 5.38. The summed E-state index contributed by atoms with van der Waals surface area (Å²) >= 11 is 6.24. The lowest BCUT2D eigenvalue weighted by atomic mass is 9.85. The Kier molecular flexibility index (Phi) is 6.11. The number of carbonyl (C=O) groups is 1. The molecule has 1 heterocycles. The number of halogens is 3. The summed E-state index contributed by atoms with van der Waals surface area (Å²) in [6.45, 7) is -0.345. The highest BCUT2D eigenvalue weighted by atomic mass is 35.5. The first kappa shape index (κ1) is 21.4. The number of hydrogen-bond acceptors (Lipinski definition) is 4. The number of nitrogens with zero attached hydrogens (tertiary/aromatic N) is 2. The topological polar surface area (TPSA) is 63.0 Å². The molecule has 0 fully saturated rings. The van der Waals surface area contributed by atoms with Crippen LogP contribution in [0.15, 0.2) is 73.1 Å². The second-order valence-corrected chi connectivity index (χ2v) is 7.46. The van der Waals surface area contributed by atoms with Crippen LogP contribution in [0.3, 0.4) is 0 Å². The van der Waals surface area contributed by atoms with E-state index in [1.165, 1.54) is 18.2 Å². The van der Waals surface area contributed by atoms with Gasteiger partial charge in [-0.3, -0.25) is 9.78 Å². The van der Waals surface area contributed by atoms with Crippen LogP contribution in [0.4, 0.5) is 8.78 Å². The van der Waals surface area contributed by atoms with E-state index in [1.54, 1.807) is 30.6 Å². The first-order valence-corrected chi connectivity index (χ1v) is 9.98. The van der Waals surface area contributed by atoms with Crippen LogP contribution in [0.2, 0.25) is 5.02 Å². The summed E-state index contributed by atoms with van der Waals surface area (Å²) in [6, 6.07) is 16.3. The summed E-state index contributed by atoms with van der Waals surface area (Å²) in [6.07, 6.45) is 3.30. The van der Waals surface area contributed by atoms with E-state index in [9.17, 15) is 18.8 Å². The zero-order chi connectivity index (χ0) is 22.7. The number of ether oxygens (including phenoxy) is 1.